The van der Waals surface area contributed by atoms with Gasteiger partial charge in [0.25, 0.3) is 0 Å². The average molecular weight is 288 g/mol. The van der Waals surface area contributed by atoms with Crippen molar-refractivity contribution >= 4 is 5.97 Å². The molecule has 0 unspecified atom stereocenters. The highest BCUT2D eigenvalue weighted by Crippen LogP contribution is 2.40. The van der Waals surface area contributed by atoms with Crippen LogP contribution >= 0.6 is 0 Å². The van der Waals surface area contributed by atoms with E-state index in [1.165, 1.54) is 12.5 Å². The fourth-order valence-corrected chi connectivity index (χ4v) is 2.29. The molecule has 0 aromatic carbocycles. The molecule has 6 nitrogen and oxygen atoms in total. The predicted molar refractivity (Wildman–Crippen MR) is 73.3 cm³/mol. The van der Waals surface area contributed by atoms with Crippen LogP contribution in [0.25, 0.3) is 0 Å². The van der Waals surface area contributed by atoms with Crippen LogP contribution in [0.15, 0.2) is 45.8 Å². The van der Waals surface area contributed by atoms with Crippen LogP contribution < -0.4 is 5.73 Å². The van der Waals surface area contributed by atoms with Crippen molar-refractivity contribution in [1.82, 2.24) is 0 Å². The third kappa shape index (κ3) is 2.63. The topological polar surface area (TPSA) is 98.5 Å². The van der Waals surface area contributed by atoms with Crippen molar-refractivity contribution < 1.29 is 18.7 Å². The number of carbonyl (C=O) groups excluding carboxylic acids is 1. The average Bonchev–Trinajstić information content (AvgIpc) is 2.99. The van der Waals surface area contributed by atoms with E-state index in [4.69, 9.17) is 19.6 Å². The molecule has 0 aliphatic carbocycles. The second-order valence-electron chi connectivity index (χ2n) is 4.39. The predicted octanol–water partition coefficient (Wildman–Crippen LogP) is 2.31. The number of ether oxygens (including phenoxy) is 2. The summed E-state index contributed by atoms with van der Waals surface area (Å²) in [6.45, 7) is 3.79. The van der Waals surface area contributed by atoms with Crippen molar-refractivity contribution in [2.45, 2.75) is 26.2 Å². The van der Waals surface area contributed by atoms with Crippen LogP contribution in [0.1, 0.15) is 31.7 Å². The first-order valence-electron chi connectivity index (χ1n) is 6.63. The molecule has 0 radical (unpaired) electrons. The minimum atomic E-state index is -0.628. The molecular formula is C15H16N2O4. The lowest BCUT2D eigenvalue weighted by molar-refractivity contribution is -0.139. The molecule has 2 N–H and O–H groups in total. The van der Waals surface area contributed by atoms with Crippen LogP contribution in [0.3, 0.4) is 0 Å². The summed E-state index contributed by atoms with van der Waals surface area (Å²) >= 11 is 0. The molecule has 1 aliphatic heterocycles. The van der Waals surface area contributed by atoms with Crippen molar-refractivity contribution in [2.24, 2.45) is 5.73 Å². The van der Waals surface area contributed by atoms with Gasteiger partial charge >= 0.3 is 5.97 Å². The van der Waals surface area contributed by atoms with Crippen molar-refractivity contribution in [1.29, 1.82) is 5.26 Å². The lowest BCUT2D eigenvalue weighted by atomic mass is 9.84. The maximum atomic E-state index is 12.3. The Balaban J connectivity index is 2.59. The van der Waals surface area contributed by atoms with E-state index >= 15 is 0 Å². The molecule has 6 heteroatoms. The van der Waals surface area contributed by atoms with E-state index in [-0.39, 0.29) is 18.1 Å². The number of nitriles is 1. The Morgan fingerprint density at radius 3 is 2.81 bits per heavy atom. The van der Waals surface area contributed by atoms with Crippen molar-refractivity contribution in [2.75, 3.05) is 6.61 Å². The van der Waals surface area contributed by atoms with Gasteiger partial charge in [-0.3, -0.25) is 0 Å². The van der Waals surface area contributed by atoms with E-state index in [1.54, 1.807) is 13.0 Å². The lowest BCUT2D eigenvalue weighted by Crippen LogP contribution is -2.26. The quantitative estimate of drug-likeness (QED) is 0.854. The molecule has 0 spiro atoms. The standard InChI is InChI=1S/C15H16N2O4/c1-3-11-13(15(18)20-4-2)12(9-5-6-19-8-9)10(7-16)14(17)21-11/h5-6,8,12H,3-4,17H2,1-2H3/t12-/m1/s1. The number of allylic oxidation sites excluding steroid dienone is 2. The van der Waals surface area contributed by atoms with Gasteiger partial charge in [0, 0.05) is 12.0 Å². The van der Waals surface area contributed by atoms with E-state index < -0.39 is 11.9 Å². The summed E-state index contributed by atoms with van der Waals surface area (Å²) in [4.78, 5) is 12.3. The smallest absolute Gasteiger partial charge is 0.338 e. The number of rotatable bonds is 4. The molecule has 0 saturated carbocycles. The van der Waals surface area contributed by atoms with Crippen molar-refractivity contribution in [3.05, 3.63) is 46.9 Å². The fraction of sp³-hybridized carbons (Fsp3) is 0.333. The molecule has 0 saturated heterocycles. The normalized spacial score (nSPS) is 18.2. The van der Waals surface area contributed by atoms with E-state index in [0.29, 0.717) is 23.3 Å². The highest BCUT2D eigenvalue weighted by molar-refractivity contribution is 5.92. The number of furan rings is 1. The molecule has 1 aliphatic rings. The largest absolute Gasteiger partial charge is 0.472 e. The maximum absolute atomic E-state index is 12.3. The molecule has 0 fully saturated rings. The van der Waals surface area contributed by atoms with Gasteiger partial charge in [-0.15, -0.1) is 0 Å². The van der Waals surface area contributed by atoms with Crippen LogP contribution in [-0.2, 0) is 14.3 Å². The first-order chi connectivity index (χ1) is 10.1. The first-order valence-corrected chi connectivity index (χ1v) is 6.63. The molecule has 2 heterocycles. The summed E-state index contributed by atoms with van der Waals surface area (Å²) in [5.41, 5.74) is 6.94. The number of carbonyl (C=O) groups is 1. The third-order valence-electron chi connectivity index (χ3n) is 3.19. The highest BCUT2D eigenvalue weighted by Gasteiger charge is 2.37. The summed E-state index contributed by atoms with van der Waals surface area (Å²) in [7, 11) is 0. The molecule has 1 aromatic heterocycles. The van der Waals surface area contributed by atoms with E-state index in [9.17, 15) is 10.1 Å². The Labute approximate surface area is 122 Å². The summed E-state index contributed by atoms with van der Waals surface area (Å²) in [5.74, 6) is -0.720. The number of hydrogen-bond acceptors (Lipinski definition) is 6. The second-order valence-corrected chi connectivity index (χ2v) is 4.39. The maximum Gasteiger partial charge on any atom is 0.338 e. The zero-order valence-corrected chi connectivity index (χ0v) is 11.9. The number of esters is 1. The molecule has 21 heavy (non-hydrogen) atoms. The van der Waals surface area contributed by atoms with Gasteiger partial charge in [-0.2, -0.15) is 5.26 Å². The monoisotopic (exact) mass is 288 g/mol. The molecule has 110 valence electrons. The molecule has 0 amide bonds. The Morgan fingerprint density at radius 2 is 2.29 bits per heavy atom. The van der Waals surface area contributed by atoms with Gasteiger partial charge in [0.1, 0.15) is 17.4 Å². The number of nitrogens with two attached hydrogens (primary N) is 1. The van der Waals surface area contributed by atoms with Gasteiger partial charge in [0.2, 0.25) is 5.88 Å². The minimum absolute atomic E-state index is 0.00796. The number of hydrogen-bond donors (Lipinski definition) is 1. The first kappa shape index (κ1) is 14.7. The third-order valence-corrected chi connectivity index (χ3v) is 3.19. The molecular weight excluding hydrogens is 272 g/mol. The Bertz CT molecular complexity index is 635. The Kier molecular flexibility index (Phi) is 4.33. The Morgan fingerprint density at radius 1 is 1.52 bits per heavy atom. The molecule has 1 aromatic rings. The van der Waals surface area contributed by atoms with Crippen LogP contribution in [0, 0.1) is 11.3 Å². The van der Waals surface area contributed by atoms with E-state index in [1.807, 2.05) is 13.0 Å². The highest BCUT2D eigenvalue weighted by atomic mass is 16.5. The van der Waals surface area contributed by atoms with Crippen LogP contribution in [0.4, 0.5) is 0 Å². The van der Waals surface area contributed by atoms with Crippen LogP contribution in [0.5, 0.6) is 0 Å². The van der Waals surface area contributed by atoms with E-state index in [2.05, 4.69) is 0 Å². The van der Waals surface area contributed by atoms with Gasteiger partial charge in [-0.05, 0) is 13.0 Å². The second kappa shape index (κ2) is 6.18. The summed E-state index contributed by atoms with van der Waals surface area (Å²) < 4.78 is 15.6. The van der Waals surface area contributed by atoms with Gasteiger partial charge in [0.05, 0.1) is 30.6 Å². The van der Waals surface area contributed by atoms with E-state index in [0.717, 1.165) is 0 Å². The Hall–Kier alpha value is -2.68. The van der Waals surface area contributed by atoms with Crippen LogP contribution in [0.2, 0.25) is 0 Å². The van der Waals surface area contributed by atoms with Crippen LogP contribution in [-0.4, -0.2) is 12.6 Å². The van der Waals surface area contributed by atoms with Gasteiger partial charge in [0.15, 0.2) is 0 Å². The number of nitrogens with zero attached hydrogens (tertiary/aromatic N) is 1. The van der Waals surface area contributed by atoms with Gasteiger partial charge in [-0.1, -0.05) is 6.92 Å². The lowest BCUT2D eigenvalue weighted by Gasteiger charge is -2.26. The SMILES string of the molecule is CCOC(=O)C1=C(CC)OC(N)=C(C#N)[C@H]1c1ccoc1. The molecule has 1 atom stereocenters. The minimum Gasteiger partial charge on any atom is -0.472 e. The van der Waals surface area contributed by atoms with Crippen molar-refractivity contribution in [3.8, 4) is 6.07 Å². The van der Waals surface area contributed by atoms with Gasteiger partial charge in [-0.25, -0.2) is 4.79 Å². The summed E-state index contributed by atoms with van der Waals surface area (Å²) in [6.07, 6.45) is 3.42. The zero-order chi connectivity index (χ0) is 15.4. The van der Waals surface area contributed by atoms with Crippen molar-refractivity contribution in [3.63, 3.8) is 0 Å². The zero-order valence-electron chi connectivity index (χ0n) is 11.9. The fourth-order valence-electron chi connectivity index (χ4n) is 2.29. The molecule has 0 bridgehead atoms. The van der Waals surface area contributed by atoms with Gasteiger partial charge < -0.3 is 19.6 Å². The molecule has 2 rings (SSSR count). The summed E-state index contributed by atoms with van der Waals surface area (Å²) in [5, 5.41) is 9.35. The summed E-state index contributed by atoms with van der Waals surface area (Å²) in [6, 6.07) is 3.70.